The summed E-state index contributed by atoms with van der Waals surface area (Å²) < 4.78 is 5.57. The third-order valence-electron chi connectivity index (χ3n) is 6.18. The molecule has 8 nitrogen and oxygen atoms in total. The smallest absolute Gasteiger partial charge is 0.271 e. The number of thiazole rings is 1. The highest BCUT2D eigenvalue weighted by Crippen LogP contribution is 2.27. The number of hydrogen-bond donors (Lipinski definition) is 3. The maximum absolute atomic E-state index is 12.6. The summed E-state index contributed by atoms with van der Waals surface area (Å²) in [5, 5.41) is 13.0. The van der Waals surface area contributed by atoms with Crippen molar-refractivity contribution < 1.29 is 14.3 Å². The highest BCUT2D eigenvalue weighted by Gasteiger charge is 2.09. The van der Waals surface area contributed by atoms with E-state index in [0.29, 0.717) is 11.3 Å². The summed E-state index contributed by atoms with van der Waals surface area (Å²) in [5.41, 5.74) is 9.52. The van der Waals surface area contributed by atoms with Gasteiger partial charge in [-0.3, -0.25) is 9.59 Å². The number of nitrogens with zero attached hydrogens (tertiary/aromatic N) is 2. The van der Waals surface area contributed by atoms with Gasteiger partial charge in [0.1, 0.15) is 5.75 Å². The first kappa shape index (κ1) is 28.3. The second-order valence-electron chi connectivity index (χ2n) is 9.58. The molecule has 0 saturated carbocycles. The second kappa shape index (κ2) is 13.4. The number of aromatic nitrogens is 1. The summed E-state index contributed by atoms with van der Waals surface area (Å²) in [6, 6.07) is 30.0. The second-order valence-corrected chi connectivity index (χ2v) is 10.4. The normalized spacial score (nSPS) is 10.8. The fourth-order valence-corrected chi connectivity index (χ4v) is 4.71. The van der Waals surface area contributed by atoms with Crippen LogP contribution in [0.25, 0.3) is 11.3 Å². The first-order valence-corrected chi connectivity index (χ1v) is 14.1. The van der Waals surface area contributed by atoms with E-state index in [1.54, 1.807) is 42.6 Å². The van der Waals surface area contributed by atoms with Crippen molar-refractivity contribution in [1.29, 1.82) is 0 Å². The molecule has 0 aliphatic carbocycles. The Balaban J connectivity index is 1.08. The van der Waals surface area contributed by atoms with Gasteiger partial charge in [0.15, 0.2) is 11.7 Å². The van der Waals surface area contributed by atoms with Crippen molar-refractivity contribution in [3.05, 3.63) is 125 Å². The molecule has 3 N–H and O–H groups in total. The molecule has 1 aromatic heterocycles. The van der Waals surface area contributed by atoms with E-state index >= 15 is 0 Å². The summed E-state index contributed by atoms with van der Waals surface area (Å²) in [6.45, 7) is 3.91. The van der Waals surface area contributed by atoms with Crippen LogP contribution in [0.5, 0.6) is 5.75 Å². The van der Waals surface area contributed by atoms with Crippen LogP contribution in [-0.2, 0) is 4.79 Å². The van der Waals surface area contributed by atoms with Crippen LogP contribution in [0.4, 0.5) is 16.5 Å². The van der Waals surface area contributed by atoms with Gasteiger partial charge in [0.25, 0.3) is 11.8 Å². The lowest BCUT2D eigenvalue weighted by Gasteiger charge is -2.08. The van der Waals surface area contributed by atoms with Crippen LogP contribution in [0, 0.1) is 13.8 Å². The van der Waals surface area contributed by atoms with E-state index in [-0.39, 0.29) is 18.4 Å². The minimum Gasteiger partial charge on any atom is -0.484 e. The number of carbonyl (C=O) groups is 2. The number of aryl methyl sites for hydroxylation is 2. The largest absolute Gasteiger partial charge is 0.484 e. The molecule has 0 saturated heterocycles. The third kappa shape index (κ3) is 7.89. The molecule has 9 heteroatoms. The van der Waals surface area contributed by atoms with Gasteiger partial charge in [0, 0.05) is 27.9 Å². The quantitative estimate of drug-likeness (QED) is 0.123. The lowest BCUT2D eigenvalue weighted by Crippen LogP contribution is -2.20. The highest BCUT2D eigenvalue weighted by molar-refractivity contribution is 7.14. The molecular weight excluding hydrogens is 546 g/mol. The van der Waals surface area contributed by atoms with Crippen molar-refractivity contribution in [2.45, 2.75) is 13.8 Å². The SMILES string of the molecule is Cc1ccc(Nc2nc(-c3ccc(C(=O)N/N=C/c4ccc(OCC(=O)Nc5cccc(C)c5)cc4)cc3)cs2)cc1. The Morgan fingerprint density at radius 3 is 2.38 bits per heavy atom. The molecule has 0 spiro atoms. The van der Waals surface area contributed by atoms with Crippen molar-refractivity contribution in [3.63, 3.8) is 0 Å². The minimum absolute atomic E-state index is 0.107. The van der Waals surface area contributed by atoms with Crippen LogP contribution >= 0.6 is 11.3 Å². The Morgan fingerprint density at radius 2 is 1.64 bits per heavy atom. The molecule has 0 atom stereocenters. The van der Waals surface area contributed by atoms with E-state index in [1.807, 2.05) is 73.0 Å². The van der Waals surface area contributed by atoms with Crippen LogP contribution in [0.3, 0.4) is 0 Å². The zero-order valence-corrected chi connectivity index (χ0v) is 23.9. The lowest BCUT2D eigenvalue weighted by atomic mass is 10.1. The zero-order valence-electron chi connectivity index (χ0n) is 23.1. The van der Waals surface area contributed by atoms with Gasteiger partial charge < -0.3 is 15.4 Å². The molecule has 0 bridgehead atoms. The number of amides is 2. The van der Waals surface area contributed by atoms with Crippen LogP contribution in [-0.4, -0.2) is 29.6 Å². The summed E-state index contributed by atoms with van der Waals surface area (Å²) >= 11 is 1.52. The molecular formula is C33H29N5O3S. The monoisotopic (exact) mass is 575 g/mol. The van der Waals surface area contributed by atoms with Crippen molar-refractivity contribution in [2.24, 2.45) is 5.10 Å². The van der Waals surface area contributed by atoms with E-state index in [1.165, 1.54) is 16.9 Å². The molecule has 1 heterocycles. The first-order valence-electron chi connectivity index (χ1n) is 13.2. The van der Waals surface area contributed by atoms with Crippen molar-refractivity contribution in [2.75, 3.05) is 17.2 Å². The van der Waals surface area contributed by atoms with Crippen molar-refractivity contribution in [3.8, 4) is 17.0 Å². The molecule has 5 aromatic rings. The van der Waals surface area contributed by atoms with E-state index in [2.05, 4.69) is 33.1 Å². The Morgan fingerprint density at radius 1 is 0.881 bits per heavy atom. The van der Waals surface area contributed by atoms with Crippen LogP contribution in [0.15, 0.2) is 108 Å². The maximum Gasteiger partial charge on any atom is 0.271 e. The Kier molecular flexibility index (Phi) is 9.00. The van der Waals surface area contributed by atoms with Gasteiger partial charge in [-0.05, 0) is 85.6 Å². The predicted molar refractivity (Wildman–Crippen MR) is 169 cm³/mol. The van der Waals surface area contributed by atoms with Crippen molar-refractivity contribution >= 4 is 45.9 Å². The number of rotatable bonds is 10. The first-order chi connectivity index (χ1) is 20.4. The number of hydrogen-bond acceptors (Lipinski definition) is 7. The van der Waals surface area contributed by atoms with Gasteiger partial charge in [-0.15, -0.1) is 11.3 Å². The fourth-order valence-electron chi connectivity index (χ4n) is 3.97. The molecule has 0 unspecified atom stereocenters. The van der Waals surface area contributed by atoms with Gasteiger partial charge in [-0.25, -0.2) is 10.4 Å². The summed E-state index contributed by atoms with van der Waals surface area (Å²) in [7, 11) is 0. The van der Waals surface area contributed by atoms with E-state index in [0.717, 1.165) is 38.9 Å². The van der Waals surface area contributed by atoms with Crippen LogP contribution in [0.1, 0.15) is 27.0 Å². The Labute approximate surface area is 248 Å². The predicted octanol–water partition coefficient (Wildman–Crippen LogP) is 6.95. The number of nitrogens with one attached hydrogen (secondary N) is 3. The number of ether oxygens (including phenoxy) is 1. The number of carbonyl (C=O) groups excluding carboxylic acids is 2. The minimum atomic E-state index is -0.322. The maximum atomic E-state index is 12.6. The molecule has 42 heavy (non-hydrogen) atoms. The standard InChI is InChI=1S/C33H29N5O3S/c1-22-6-14-27(15-7-22)36-33-37-30(21-42-33)25-10-12-26(13-11-25)32(40)38-34-19-24-8-16-29(17-9-24)41-20-31(39)35-28-5-3-4-23(2)18-28/h3-19,21H,20H2,1-2H3,(H,35,39)(H,36,37)(H,38,40)/b34-19+. The molecule has 2 amide bonds. The summed E-state index contributed by atoms with van der Waals surface area (Å²) in [6.07, 6.45) is 1.54. The average molecular weight is 576 g/mol. The molecule has 0 fully saturated rings. The highest BCUT2D eigenvalue weighted by atomic mass is 32.1. The van der Waals surface area contributed by atoms with Gasteiger partial charge in [0.05, 0.1) is 11.9 Å². The lowest BCUT2D eigenvalue weighted by molar-refractivity contribution is -0.118. The molecule has 5 rings (SSSR count). The fraction of sp³-hybridized carbons (Fsp3) is 0.0909. The van der Waals surface area contributed by atoms with Gasteiger partial charge in [-0.1, -0.05) is 42.0 Å². The average Bonchev–Trinajstić information content (AvgIpc) is 3.46. The topological polar surface area (TPSA) is 105 Å². The van der Waals surface area contributed by atoms with Crippen molar-refractivity contribution in [1.82, 2.24) is 10.4 Å². The zero-order chi connectivity index (χ0) is 29.3. The van der Waals surface area contributed by atoms with Crippen LogP contribution < -0.4 is 20.8 Å². The molecule has 0 aliphatic heterocycles. The van der Waals surface area contributed by atoms with E-state index < -0.39 is 0 Å². The molecule has 210 valence electrons. The van der Waals surface area contributed by atoms with E-state index in [4.69, 9.17) is 4.74 Å². The molecule has 4 aromatic carbocycles. The van der Waals surface area contributed by atoms with Gasteiger partial charge >= 0.3 is 0 Å². The molecule has 0 aliphatic rings. The van der Waals surface area contributed by atoms with Gasteiger partial charge in [0.2, 0.25) is 0 Å². The number of hydrazone groups is 1. The summed E-state index contributed by atoms with van der Waals surface area (Å²) in [5.74, 6) is -0.0142. The molecule has 0 radical (unpaired) electrons. The Hall–Kier alpha value is -5.28. The van der Waals surface area contributed by atoms with E-state index in [9.17, 15) is 9.59 Å². The van der Waals surface area contributed by atoms with Crippen LogP contribution in [0.2, 0.25) is 0 Å². The summed E-state index contributed by atoms with van der Waals surface area (Å²) in [4.78, 5) is 29.4. The van der Waals surface area contributed by atoms with Gasteiger partial charge in [-0.2, -0.15) is 5.10 Å². The third-order valence-corrected chi connectivity index (χ3v) is 6.94. The Bertz CT molecular complexity index is 1700. The number of benzene rings is 4. The number of anilines is 3.